The molecule has 2 amide bonds. The summed E-state index contributed by atoms with van der Waals surface area (Å²) in [5.74, 6) is -1.77. The van der Waals surface area contributed by atoms with Gasteiger partial charge in [-0.25, -0.2) is 13.8 Å². The number of alkyl halides is 5. The number of hydrogen-bond donors (Lipinski definition) is 3. The Labute approximate surface area is 255 Å². The molecule has 4 heterocycles. The molecular weight excluding hydrogens is 625 g/mol. The van der Waals surface area contributed by atoms with E-state index in [1.165, 1.54) is 26.2 Å². The molecule has 4 N–H and O–H groups in total. The SMILES string of the molecule is COc1cc(C(=O)NCC(O)(c2cc3c(c(-c4cc(C(F)F)cs4)n2)OC[C@]3(C)C(N)=O)C(F)(F)F)cc2cn(C3CC3)nc12. The number of ether oxygens (including phenoxy) is 2. The van der Waals surface area contributed by atoms with Gasteiger partial charge in [0.25, 0.3) is 12.3 Å². The predicted molar refractivity (Wildman–Crippen MR) is 151 cm³/mol. The average Bonchev–Trinajstić information content (AvgIpc) is 3.39. The number of amides is 2. The molecule has 1 saturated carbocycles. The minimum Gasteiger partial charge on any atom is -0.494 e. The molecule has 0 radical (unpaired) electrons. The smallest absolute Gasteiger partial charge is 0.424 e. The van der Waals surface area contributed by atoms with E-state index in [1.807, 2.05) is 0 Å². The Morgan fingerprint density at radius 3 is 2.60 bits per heavy atom. The summed E-state index contributed by atoms with van der Waals surface area (Å²) < 4.78 is 83.6. The Morgan fingerprint density at radius 2 is 2.00 bits per heavy atom. The van der Waals surface area contributed by atoms with E-state index < -0.39 is 53.2 Å². The van der Waals surface area contributed by atoms with Crippen LogP contribution in [-0.4, -0.2) is 58.1 Å². The molecule has 1 unspecified atom stereocenters. The number of halogens is 5. The van der Waals surface area contributed by atoms with Crippen LogP contribution in [0.25, 0.3) is 21.5 Å². The van der Waals surface area contributed by atoms with Crippen LogP contribution < -0.4 is 20.5 Å². The fraction of sp³-hybridized carbons (Fsp3) is 0.379. The summed E-state index contributed by atoms with van der Waals surface area (Å²) in [4.78, 5) is 29.7. The molecule has 16 heteroatoms. The number of nitrogens with two attached hydrogens (primary N) is 1. The molecule has 238 valence electrons. The van der Waals surface area contributed by atoms with Crippen molar-refractivity contribution in [2.75, 3.05) is 20.3 Å². The molecule has 1 fully saturated rings. The van der Waals surface area contributed by atoms with Crippen molar-refractivity contribution in [1.29, 1.82) is 0 Å². The van der Waals surface area contributed by atoms with Gasteiger partial charge in [0.1, 0.15) is 29.0 Å². The largest absolute Gasteiger partial charge is 0.494 e. The summed E-state index contributed by atoms with van der Waals surface area (Å²) in [5, 5.41) is 19.5. The summed E-state index contributed by atoms with van der Waals surface area (Å²) in [6, 6.07) is 4.88. The highest BCUT2D eigenvalue weighted by molar-refractivity contribution is 7.13. The summed E-state index contributed by atoms with van der Waals surface area (Å²) in [7, 11) is 1.37. The van der Waals surface area contributed by atoms with Crippen LogP contribution in [0.4, 0.5) is 22.0 Å². The topological polar surface area (TPSA) is 142 Å². The molecule has 45 heavy (non-hydrogen) atoms. The summed E-state index contributed by atoms with van der Waals surface area (Å²) in [6.45, 7) is -0.397. The van der Waals surface area contributed by atoms with Gasteiger partial charge in [0.2, 0.25) is 11.5 Å². The van der Waals surface area contributed by atoms with Crippen molar-refractivity contribution in [3.05, 3.63) is 58.2 Å². The number of rotatable bonds is 9. The maximum Gasteiger partial charge on any atom is 0.424 e. The third-order valence-electron chi connectivity index (χ3n) is 8.11. The Morgan fingerprint density at radius 1 is 1.27 bits per heavy atom. The van der Waals surface area contributed by atoms with Crippen LogP contribution in [0.3, 0.4) is 0 Å². The first-order valence-corrected chi connectivity index (χ1v) is 14.5. The lowest BCUT2D eigenvalue weighted by molar-refractivity contribution is -0.265. The average molecular weight is 652 g/mol. The molecule has 0 saturated heterocycles. The van der Waals surface area contributed by atoms with Gasteiger partial charge < -0.3 is 25.6 Å². The zero-order valence-corrected chi connectivity index (χ0v) is 24.6. The number of benzene rings is 1. The molecule has 1 aliphatic carbocycles. The normalized spacial score (nSPS) is 19.3. The van der Waals surface area contributed by atoms with Gasteiger partial charge in [-0.3, -0.25) is 14.3 Å². The number of primary amides is 1. The van der Waals surface area contributed by atoms with Gasteiger partial charge in [0.05, 0.1) is 30.3 Å². The lowest BCUT2D eigenvalue weighted by Crippen LogP contribution is -2.51. The van der Waals surface area contributed by atoms with E-state index in [0.29, 0.717) is 10.9 Å². The third-order valence-corrected chi connectivity index (χ3v) is 9.07. The van der Waals surface area contributed by atoms with Crippen molar-refractivity contribution in [2.24, 2.45) is 5.73 Å². The first kappa shape index (κ1) is 30.7. The molecule has 6 rings (SSSR count). The number of carbonyl (C=O) groups excluding carboxylic acids is 2. The lowest BCUT2D eigenvalue weighted by Gasteiger charge is -2.31. The standard InChI is InChI=1S/C29H26F5N5O5S/c1-27(26(35)41)12-44-23-17(27)8-20(37-22(23)19-7-15(10-45-19)24(30)31)28(42,29(32,33)34)11-36-25(40)13-5-14-9-39(16-3-4-16)38-21(14)18(6-13)43-2/h5-10,16,24,42H,3-4,11-12H2,1-2H3,(H2,35,41)(H,36,40)/t27-,28?/m0/s1. The maximum atomic E-state index is 14.7. The van der Waals surface area contributed by atoms with Gasteiger partial charge >= 0.3 is 6.18 Å². The number of nitrogens with one attached hydrogen (secondary N) is 1. The predicted octanol–water partition coefficient (Wildman–Crippen LogP) is 4.76. The van der Waals surface area contributed by atoms with E-state index in [2.05, 4.69) is 15.4 Å². The first-order chi connectivity index (χ1) is 21.2. The molecule has 3 aromatic heterocycles. The zero-order chi connectivity index (χ0) is 32.5. The Bertz CT molecular complexity index is 1840. The Kier molecular flexibility index (Phi) is 7.27. The number of pyridine rings is 1. The number of thiophene rings is 1. The van der Waals surface area contributed by atoms with Crippen LogP contribution in [0.15, 0.2) is 35.8 Å². The molecule has 2 atom stereocenters. The number of aliphatic hydroxyl groups is 1. The highest BCUT2D eigenvalue weighted by Crippen LogP contribution is 2.49. The molecule has 1 aliphatic heterocycles. The van der Waals surface area contributed by atoms with E-state index in [1.54, 1.807) is 10.9 Å². The highest BCUT2D eigenvalue weighted by atomic mass is 32.1. The second-order valence-electron chi connectivity index (χ2n) is 11.3. The van der Waals surface area contributed by atoms with Crippen molar-refractivity contribution in [3.63, 3.8) is 0 Å². The van der Waals surface area contributed by atoms with Gasteiger partial charge in [0.15, 0.2) is 5.75 Å². The first-order valence-electron chi connectivity index (χ1n) is 13.7. The Hall–Kier alpha value is -4.31. The monoisotopic (exact) mass is 651 g/mol. The van der Waals surface area contributed by atoms with Crippen molar-refractivity contribution in [1.82, 2.24) is 20.1 Å². The van der Waals surface area contributed by atoms with Gasteiger partial charge in [-0.05, 0) is 44.0 Å². The maximum absolute atomic E-state index is 14.7. The van der Waals surface area contributed by atoms with Crippen LogP contribution in [0.5, 0.6) is 11.5 Å². The second kappa shape index (κ2) is 10.7. The molecular formula is C29H26F5N5O5S. The van der Waals surface area contributed by atoms with Crippen LogP contribution >= 0.6 is 11.3 Å². The number of aromatic nitrogens is 3. The van der Waals surface area contributed by atoms with Crippen molar-refractivity contribution in [3.8, 4) is 22.1 Å². The minimum atomic E-state index is -5.40. The quantitative estimate of drug-likeness (QED) is 0.222. The molecule has 0 spiro atoms. The fourth-order valence-electron chi connectivity index (χ4n) is 5.14. The van der Waals surface area contributed by atoms with Gasteiger partial charge in [-0.2, -0.15) is 18.3 Å². The summed E-state index contributed by atoms with van der Waals surface area (Å²) in [6.07, 6.45) is -4.66. The zero-order valence-electron chi connectivity index (χ0n) is 23.7. The summed E-state index contributed by atoms with van der Waals surface area (Å²) in [5.41, 5.74) is -1.21. The Balaban J connectivity index is 1.40. The second-order valence-corrected chi connectivity index (χ2v) is 12.2. The molecule has 10 nitrogen and oxygen atoms in total. The van der Waals surface area contributed by atoms with Crippen LogP contribution in [0.2, 0.25) is 0 Å². The van der Waals surface area contributed by atoms with Crippen LogP contribution in [0, 0.1) is 0 Å². The lowest BCUT2D eigenvalue weighted by atomic mass is 9.82. The number of hydrogen-bond acceptors (Lipinski definition) is 8. The van der Waals surface area contributed by atoms with E-state index in [-0.39, 0.29) is 45.8 Å². The molecule has 1 aromatic carbocycles. The van der Waals surface area contributed by atoms with Crippen LogP contribution in [-0.2, 0) is 15.8 Å². The highest BCUT2D eigenvalue weighted by Gasteiger charge is 2.58. The van der Waals surface area contributed by atoms with Crippen molar-refractivity contribution >= 4 is 34.1 Å². The van der Waals surface area contributed by atoms with Crippen molar-refractivity contribution < 1.29 is 46.1 Å². The molecule has 2 aliphatic rings. The number of methoxy groups -OCH3 is 1. The van der Waals surface area contributed by atoms with Crippen LogP contribution in [0.1, 0.15) is 59.4 Å². The van der Waals surface area contributed by atoms with Gasteiger partial charge in [0, 0.05) is 33.7 Å². The van der Waals surface area contributed by atoms with E-state index in [9.17, 15) is 36.6 Å². The van der Waals surface area contributed by atoms with Crippen molar-refractivity contribution in [2.45, 2.75) is 49.4 Å². The third kappa shape index (κ3) is 5.14. The minimum absolute atomic E-state index is 0.0119. The van der Waals surface area contributed by atoms with Gasteiger partial charge in [-0.15, -0.1) is 11.3 Å². The van der Waals surface area contributed by atoms with E-state index >= 15 is 0 Å². The number of carbonyl (C=O) groups is 2. The van der Waals surface area contributed by atoms with E-state index in [0.717, 1.165) is 41.7 Å². The summed E-state index contributed by atoms with van der Waals surface area (Å²) >= 11 is 0.770. The number of fused-ring (bicyclic) bond motifs is 2. The van der Waals surface area contributed by atoms with E-state index in [4.69, 9.17) is 15.2 Å². The molecule has 4 aromatic rings. The molecule has 0 bridgehead atoms. The fourth-order valence-corrected chi connectivity index (χ4v) is 6.02. The van der Waals surface area contributed by atoms with Gasteiger partial charge in [-0.1, -0.05) is 0 Å². The number of nitrogens with zero attached hydrogens (tertiary/aromatic N) is 3.